The molecule has 0 aliphatic heterocycles. The molecule has 2 N–H and O–H groups in total. The summed E-state index contributed by atoms with van der Waals surface area (Å²) in [5.41, 5.74) is 5.77. The van der Waals surface area contributed by atoms with Gasteiger partial charge in [-0.25, -0.2) is 4.39 Å². The summed E-state index contributed by atoms with van der Waals surface area (Å²) in [4.78, 5) is 0.264. The average Bonchev–Trinajstić information content (AvgIpc) is 2.17. The largest absolute Gasteiger partial charge is 0.399 e. The van der Waals surface area contributed by atoms with E-state index in [2.05, 4.69) is 6.92 Å². The SMILES string of the molecule is CCCCCS(=O)c1ccc(N)cc1F. The van der Waals surface area contributed by atoms with Crippen LogP contribution in [-0.4, -0.2) is 9.96 Å². The van der Waals surface area contributed by atoms with Crippen LogP contribution in [0.15, 0.2) is 23.1 Å². The van der Waals surface area contributed by atoms with Crippen molar-refractivity contribution >= 4 is 16.5 Å². The second-order valence-corrected chi connectivity index (χ2v) is 4.99. The maximum absolute atomic E-state index is 13.3. The smallest absolute Gasteiger partial charge is 0.141 e. The molecule has 0 radical (unpaired) electrons. The molecule has 1 aromatic rings. The Morgan fingerprint density at radius 2 is 2.13 bits per heavy atom. The fraction of sp³-hybridized carbons (Fsp3) is 0.455. The van der Waals surface area contributed by atoms with Crippen LogP contribution in [0, 0.1) is 5.82 Å². The number of nitrogen functional groups attached to an aromatic ring is 1. The molecular formula is C11H16FNOS. The lowest BCUT2D eigenvalue weighted by molar-refractivity contribution is 0.595. The summed E-state index contributed by atoms with van der Waals surface area (Å²) < 4.78 is 25.0. The topological polar surface area (TPSA) is 43.1 Å². The van der Waals surface area contributed by atoms with Crippen LogP contribution < -0.4 is 5.73 Å². The quantitative estimate of drug-likeness (QED) is 0.623. The molecule has 0 aromatic heterocycles. The van der Waals surface area contributed by atoms with Gasteiger partial charge < -0.3 is 5.73 Å². The van der Waals surface area contributed by atoms with Crippen molar-refractivity contribution in [2.75, 3.05) is 11.5 Å². The first kappa shape index (κ1) is 12.2. The van der Waals surface area contributed by atoms with Gasteiger partial charge in [0.25, 0.3) is 0 Å². The Morgan fingerprint density at radius 3 is 2.73 bits per heavy atom. The van der Waals surface area contributed by atoms with Crippen molar-refractivity contribution in [3.05, 3.63) is 24.0 Å². The van der Waals surface area contributed by atoms with Gasteiger partial charge >= 0.3 is 0 Å². The summed E-state index contributed by atoms with van der Waals surface area (Å²) >= 11 is 0. The van der Waals surface area contributed by atoms with Crippen molar-refractivity contribution in [2.24, 2.45) is 0 Å². The fourth-order valence-corrected chi connectivity index (χ4v) is 2.48. The molecule has 0 aliphatic carbocycles. The van der Waals surface area contributed by atoms with Crippen molar-refractivity contribution in [1.29, 1.82) is 0 Å². The van der Waals surface area contributed by atoms with E-state index in [0.717, 1.165) is 19.3 Å². The number of hydrogen-bond donors (Lipinski definition) is 1. The molecule has 1 atom stereocenters. The molecule has 0 saturated carbocycles. The van der Waals surface area contributed by atoms with E-state index in [1.807, 2.05) is 0 Å². The molecule has 0 amide bonds. The number of nitrogens with two attached hydrogens (primary N) is 1. The van der Waals surface area contributed by atoms with Crippen LogP contribution >= 0.6 is 0 Å². The van der Waals surface area contributed by atoms with E-state index >= 15 is 0 Å². The predicted octanol–water partition coefficient (Wildman–Crippen LogP) is 2.71. The molecule has 0 fully saturated rings. The molecule has 15 heavy (non-hydrogen) atoms. The average molecular weight is 229 g/mol. The zero-order chi connectivity index (χ0) is 11.3. The number of rotatable bonds is 5. The highest BCUT2D eigenvalue weighted by Crippen LogP contribution is 2.16. The van der Waals surface area contributed by atoms with Crippen LogP contribution in [-0.2, 0) is 10.8 Å². The summed E-state index contributed by atoms with van der Waals surface area (Å²) in [6.45, 7) is 2.08. The first-order valence-electron chi connectivity index (χ1n) is 5.08. The van der Waals surface area contributed by atoms with E-state index < -0.39 is 16.6 Å². The lowest BCUT2D eigenvalue weighted by Gasteiger charge is -2.03. The number of halogens is 1. The van der Waals surface area contributed by atoms with E-state index in [0.29, 0.717) is 11.4 Å². The van der Waals surface area contributed by atoms with E-state index in [-0.39, 0.29) is 4.90 Å². The van der Waals surface area contributed by atoms with E-state index in [1.165, 1.54) is 12.1 Å². The van der Waals surface area contributed by atoms with Crippen molar-refractivity contribution in [3.63, 3.8) is 0 Å². The monoisotopic (exact) mass is 229 g/mol. The maximum Gasteiger partial charge on any atom is 0.141 e. The first-order valence-corrected chi connectivity index (χ1v) is 6.40. The Hall–Kier alpha value is -0.900. The molecule has 0 aliphatic rings. The Balaban J connectivity index is 2.65. The summed E-state index contributed by atoms with van der Waals surface area (Å²) in [7, 11) is -1.24. The molecule has 0 bridgehead atoms. The molecular weight excluding hydrogens is 213 g/mol. The zero-order valence-corrected chi connectivity index (χ0v) is 9.65. The van der Waals surface area contributed by atoms with Crippen molar-refractivity contribution < 1.29 is 8.60 Å². The number of unbranched alkanes of at least 4 members (excludes halogenated alkanes) is 2. The minimum absolute atomic E-state index is 0.264. The van der Waals surface area contributed by atoms with Gasteiger partial charge in [-0.15, -0.1) is 0 Å². The van der Waals surface area contributed by atoms with Gasteiger partial charge in [0.1, 0.15) is 5.82 Å². The molecule has 1 aromatic carbocycles. The standard InChI is InChI=1S/C11H16FNOS/c1-2-3-4-7-15(14)11-6-5-9(13)8-10(11)12/h5-6,8H,2-4,7,13H2,1H3. The van der Waals surface area contributed by atoms with Gasteiger partial charge in [-0.2, -0.15) is 0 Å². The third kappa shape index (κ3) is 3.63. The van der Waals surface area contributed by atoms with Gasteiger partial charge in [0.15, 0.2) is 0 Å². The van der Waals surface area contributed by atoms with Crippen LogP contribution in [0.2, 0.25) is 0 Å². The van der Waals surface area contributed by atoms with E-state index in [9.17, 15) is 8.60 Å². The van der Waals surface area contributed by atoms with Crippen LogP contribution in [0.4, 0.5) is 10.1 Å². The van der Waals surface area contributed by atoms with Gasteiger partial charge in [0.05, 0.1) is 15.7 Å². The van der Waals surface area contributed by atoms with Gasteiger partial charge in [-0.1, -0.05) is 19.8 Å². The van der Waals surface area contributed by atoms with E-state index in [1.54, 1.807) is 6.07 Å². The summed E-state index contributed by atoms with van der Waals surface area (Å²) in [6, 6.07) is 4.30. The van der Waals surface area contributed by atoms with Gasteiger partial charge in [-0.05, 0) is 24.6 Å². The molecule has 4 heteroatoms. The van der Waals surface area contributed by atoms with Gasteiger partial charge in [0.2, 0.25) is 0 Å². The number of anilines is 1. The third-order valence-corrected chi connectivity index (χ3v) is 3.62. The Kier molecular flexibility index (Phi) is 4.75. The minimum atomic E-state index is -1.24. The van der Waals surface area contributed by atoms with E-state index in [4.69, 9.17) is 5.73 Å². The zero-order valence-electron chi connectivity index (χ0n) is 8.83. The second kappa shape index (κ2) is 5.85. The number of benzene rings is 1. The minimum Gasteiger partial charge on any atom is -0.399 e. The highest BCUT2D eigenvalue weighted by molar-refractivity contribution is 7.85. The van der Waals surface area contributed by atoms with Gasteiger partial charge in [0, 0.05) is 11.4 Å². The predicted molar refractivity (Wildman–Crippen MR) is 61.6 cm³/mol. The Bertz CT molecular complexity index is 354. The molecule has 1 unspecified atom stereocenters. The first-order chi connectivity index (χ1) is 7.15. The molecule has 0 saturated heterocycles. The molecule has 0 heterocycles. The maximum atomic E-state index is 13.3. The van der Waals surface area contributed by atoms with Crippen LogP contribution in [0.5, 0.6) is 0 Å². The highest BCUT2D eigenvalue weighted by Gasteiger charge is 2.09. The fourth-order valence-electron chi connectivity index (χ4n) is 1.29. The number of hydrogen-bond acceptors (Lipinski definition) is 2. The molecule has 1 rings (SSSR count). The van der Waals surface area contributed by atoms with Crippen molar-refractivity contribution in [3.8, 4) is 0 Å². The summed E-state index contributed by atoms with van der Waals surface area (Å²) in [6.07, 6.45) is 2.97. The lowest BCUT2D eigenvalue weighted by Crippen LogP contribution is -2.01. The Labute approximate surface area is 92.1 Å². The third-order valence-electron chi connectivity index (χ3n) is 2.13. The highest BCUT2D eigenvalue weighted by atomic mass is 32.2. The second-order valence-electron chi connectivity index (χ2n) is 3.45. The van der Waals surface area contributed by atoms with Gasteiger partial charge in [-0.3, -0.25) is 4.21 Å². The normalized spacial score (nSPS) is 12.7. The van der Waals surface area contributed by atoms with Crippen LogP contribution in [0.25, 0.3) is 0 Å². The molecule has 84 valence electrons. The molecule has 2 nitrogen and oxygen atoms in total. The van der Waals surface area contributed by atoms with Crippen molar-refractivity contribution in [1.82, 2.24) is 0 Å². The summed E-state index contributed by atoms with van der Waals surface area (Å²) in [5.74, 6) is 0.0547. The van der Waals surface area contributed by atoms with Crippen LogP contribution in [0.1, 0.15) is 26.2 Å². The molecule has 0 spiro atoms. The van der Waals surface area contributed by atoms with Crippen LogP contribution in [0.3, 0.4) is 0 Å². The summed E-state index contributed by atoms with van der Waals surface area (Å²) in [5, 5.41) is 0. The Morgan fingerprint density at radius 1 is 1.40 bits per heavy atom. The van der Waals surface area contributed by atoms with Crippen molar-refractivity contribution in [2.45, 2.75) is 31.1 Å². The lowest BCUT2D eigenvalue weighted by atomic mass is 10.3.